The average molecular weight is 394 g/mol. The zero-order valence-corrected chi connectivity index (χ0v) is 16.7. The highest BCUT2D eigenvalue weighted by atomic mass is 35.5. The predicted molar refractivity (Wildman–Crippen MR) is 109 cm³/mol. The first-order valence-electron chi connectivity index (χ1n) is 7.81. The fraction of sp³-hybridized carbons (Fsp3) is 0.211. The maximum absolute atomic E-state index is 13.8. The van der Waals surface area contributed by atoms with Crippen LogP contribution in [0.25, 0.3) is 0 Å². The number of methoxy groups -OCH3 is 1. The largest absolute Gasteiger partial charge is 0.388 e. The average Bonchev–Trinajstić information content (AvgIpc) is 2.75. The Morgan fingerprint density at radius 2 is 1.85 bits per heavy atom. The van der Waals surface area contributed by atoms with Crippen molar-refractivity contribution in [2.45, 2.75) is 0 Å². The van der Waals surface area contributed by atoms with Crippen LogP contribution in [-0.2, 0) is 4.74 Å². The molecule has 0 spiro atoms. The molecule has 3 rings (SSSR count). The highest BCUT2D eigenvalue weighted by Crippen LogP contribution is 2.33. The van der Waals surface area contributed by atoms with Crippen LogP contribution in [0.2, 0.25) is 5.02 Å². The van der Waals surface area contributed by atoms with Crippen molar-refractivity contribution in [2.75, 3.05) is 33.0 Å². The lowest BCUT2D eigenvalue weighted by atomic mass is 10.0. The molecule has 0 aliphatic carbocycles. The highest BCUT2D eigenvalue weighted by molar-refractivity contribution is 8.04. The SMILES string of the molecule is CN(C)/C=C1\N=C(c2ccccc2Cl)c2cc(F)ccc2NS1.COC. The lowest BCUT2D eigenvalue weighted by Crippen LogP contribution is -2.06. The van der Waals surface area contributed by atoms with Crippen molar-refractivity contribution >= 4 is 34.9 Å². The van der Waals surface area contributed by atoms with E-state index in [9.17, 15) is 4.39 Å². The van der Waals surface area contributed by atoms with Crippen molar-refractivity contribution < 1.29 is 9.13 Å². The van der Waals surface area contributed by atoms with Gasteiger partial charge in [0.25, 0.3) is 0 Å². The Balaban J connectivity index is 0.000000758. The molecule has 1 heterocycles. The molecule has 4 nitrogen and oxygen atoms in total. The minimum atomic E-state index is -0.310. The third kappa shape index (κ3) is 5.24. The van der Waals surface area contributed by atoms with Gasteiger partial charge in [0.2, 0.25) is 0 Å². The molecule has 0 amide bonds. The molecule has 0 aromatic heterocycles. The Morgan fingerprint density at radius 1 is 1.15 bits per heavy atom. The molecule has 1 N–H and O–H groups in total. The summed E-state index contributed by atoms with van der Waals surface area (Å²) in [5, 5.41) is 1.35. The van der Waals surface area contributed by atoms with E-state index in [-0.39, 0.29) is 5.82 Å². The van der Waals surface area contributed by atoms with Gasteiger partial charge in [0.15, 0.2) is 0 Å². The van der Waals surface area contributed by atoms with Crippen LogP contribution in [0, 0.1) is 5.82 Å². The number of nitrogens with zero attached hydrogens (tertiary/aromatic N) is 2. The van der Waals surface area contributed by atoms with Crippen LogP contribution >= 0.6 is 23.5 Å². The lowest BCUT2D eigenvalue weighted by Gasteiger charge is -2.11. The molecule has 0 bridgehead atoms. The molecule has 1 aliphatic rings. The zero-order chi connectivity index (χ0) is 19.1. The fourth-order valence-electron chi connectivity index (χ4n) is 2.24. The molecule has 0 saturated carbocycles. The Morgan fingerprint density at radius 3 is 2.50 bits per heavy atom. The summed E-state index contributed by atoms with van der Waals surface area (Å²) in [7, 11) is 7.10. The van der Waals surface area contributed by atoms with E-state index in [2.05, 4.69) is 9.46 Å². The first-order chi connectivity index (χ1) is 12.5. The number of benzene rings is 2. The lowest BCUT2D eigenvalue weighted by molar-refractivity contribution is 0.277. The number of halogens is 2. The van der Waals surface area contributed by atoms with E-state index in [0.29, 0.717) is 16.3 Å². The van der Waals surface area contributed by atoms with Gasteiger partial charge in [-0.1, -0.05) is 29.8 Å². The maximum Gasteiger partial charge on any atom is 0.133 e. The minimum absolute atomic E-state index is 0.310. The van der Waals surface area contributed by atoms with Gasteiger partial charge in [0, 0.05) is 62.6 Å². The molecule has 0 fully saturated rings. The predicted octanol–water partition coefficient (Wildman–Crippen LogP) is 5.01. The van der Waals surface area contributed by atoms with E-state index < -0.39 is 0 Å². The number of aliphatic imine (C=N–C) groups is 1. The summed E-state index contributed by atoms with van der Waals surface area (Å²) in [6.45, 7) is 0. The summed E-state index contributed by atoms with van der Waals surface area (Å²) in [4.78, 5) is 6.63. The minimum Gasteiger partial charge on any atom is -0.388 e. The molecule has 26 heavy (non-hydrogen) atoms. The topological polar surface area (TPSA) is 36.9 Å². The van der Waals surface area contributed by atoms with Gasteiger partial charge in [0.05, 0.1) is 11.4 Å². The van der Waals surface area contributed by atoms with Gasteiger partial charge in [-0.15, -0.1) is 0 Å². The summed E-state index contributed by atoms with van der Waals surface area (Å²) >= 11 is 7.72. The van der Waals surface area contributed by atoms with Crippen LogP contribution in [0.1, 0.15) is 11.1 Å². The van der Waals surface area contributed by atoms with E-state index in [1.54, 1.807) is 26.4 Å². The third-order valence-corrected chi connectivity index (χ3v) is 4.28. The Labute approximate surface area is 162 Å². The molecule has 2 aromatic rings. The molecular weight excluding hydrogens is 373 g/mol. The molecule has 0 unspecified atom stereocenters. The first kappa shape index (κ1) is 20.3. The van der Waals surface area contributed by atoms with Crippen molar-refractivity contribution in [1.82, 2.24) is 4.90 Å². The number of anilines is 1. The monoisotopic (exact) mass is 393 g/mol. The Hall–Kier alpha value is -2.02. The number of hydrogen-bond donors (Lipinski definition) is 1. The van der Waals surface area contributed by atoms with Crippen LogP contribution < -0.4 is 4.72 Å². The van der Waals surface area contributed by atoms with Crippen LogP contribution in [-0.4, -0.2) is 38.9 Å². The number of ether oxygens (including phenoxy) is 1. The zero-order valence-electron chi connectivity index (χ0n) is 15.1. The number of hydrogen-bond acceptors (Lipinski definition) is 5. The van der Waals surface area contributed by atoms with Crippen molar-refractivity contribution in [3.63, 3.8) is 0 Å². The van der Waals surface area contributed by atoms with E-state index in [0.717, 1.165) is 16.3 Å². The van der Waals surface area contributed by atoms with Crippen molar-refractivity contribution in [3.8, 4) is 0 Å². The van der Waals surface area contributed by atoms with Crippen molar-refractivity contribution in [1.29, 1.82) is 0 Å². The number of fused-ring (bicyclic) bond motifs is 1. The van der Waals surface area contributed by atoms with Gasteiger partial charge in [0.1, 0.15) is 10.8 Å². The summed E-state index contributed by atoms with van der Waals surface area (Å²) < 4.78 is 21.3. The molecular formula is C19H21ClFN3OS. The van der Waals surface area contributed by atoms with Crippen LogP contribution in [0.5, 0.6) is 0 Å². The fourth-order valence-corrected chi connectivity index (χ4v) is 3.25. The van der Waals surface area contributed by atoms with Gasteiger partial charge >= 0.3 is 0 Å². The van der Waals surface area contributed by atoms with Gasteiger partial charge < -0.3 is 14.4 Å². The van der Waals surface area contributed by atoms with Crippen molar-refractivity contribution in [2.24, 2.45) is 4.99 Å². The Bertz CT molecular complexity index is 824. The number of rotatable bonds is 2. The third-order valence-electron chi connectivity index (χ3n) is 3.22. The van der Waals surface area contributed by atoms with Gasteiger partial charge in [-0.3, -0.25) is 0 Å². The molecule has 0 radical (unpaired) electrons. The van der Waals surface area contributed by atoms with Crippen LogP contribution in [0.15, 0.2) is 58.7 Å². The molecule has 1 aliphatic heterocycles. The number of nitrogens with one attached hydrogen (secondary N) is 1. The molecule has 2 aromatic carbocycles. The normalized spacial score (nSPS) is 14.4. The second-order valence-corrected chi connectivity index (χ2v) is 6.91. The molecule has 0 saturated heterocycles. The van der Waals surface area contributed by atoms with Gasteiger partial charge in [-0.25, -0.2) is 9.38 Å². The summed E-state index contributed by atoms with van der Waals surface area (Å²) in [6.07, 6.45) is 1.90. The smallest absolute Gasteiger partial charge is 0.133 e. The standard InChI is InChI=1S/C17H15ClFN3S.C2H6O/c1-22(2)10-16-20-17(12-5-3-4-6-14(12)18)13-9-11(19)7-8-15(13)21-23-16;1-3-2/h3-10,21H,1-2H3;1-2H3/b16-10+;. The summed E-state index contributed by atoms with van der Waals surface area (Å²) in [5.74, 6) is -0.310. The molecule has 7 heteroatoms. The quantitative estimate of drug-likeness (QED) is 0.727. The molecule has 138 valence electrons. The summed E-state index contributed by atoms with van der Waals surface area (Å²) in [6, 6.07) is 12.1. The second kappa shape index (κ2) is 9.62. The molecule has 0 atom stereocenters. The Kier molecular flexibility index (Phi) is 7.50. The second-order valence-electron chi connectivity index (χ2n) is 5.67. The van der Waals surface area contributed by atoms with Crippen molar-refractivity contribution in [3.05, 3.63) is 75.7 Å². The highest BCUT2D eigenvalue weighted by Gasteiger charge is 2.19. The van der Waals surface area contributed by atoms with Crippen LogP contribution in [0.3, 0.4) is 0 Å². The van der Waals surface area contributed by atoms with Gasteiger partial charge in [-0.05, 0) is 24.3 Å². The van der Waals surface area contributed by atoms with E-state index in [1.807, 2.05) is 43.4 Å². The van der Waals surface area contributed by atoms with E-state index in [4.69, 9.17) is 16.6 Å². The summed E-state index contributed by atoms with van der Waals surface area (Å²) in [5.41, 5.74) is 2.91. The van der Waals surface area contributed by atoms with E-state index >= 15 is 0 Å². The maximum atomic E-state index is 13.8. The van der Waals surface area contributed by atoms with Gasteiger partial charge in [-0.2, -0.15) is 0 Å². The first-order valence-corrected chi connectivity index (χ1v) is 9.00. The van der Waals surface area contributed by atoms with E-state index in [1.165, 1.54) is 24.1 Å². The van der Waals surface area contributed by atoms with Crippen LogP contribution in [0.4, 0.5) is 10.1 Å².